The lowest BCUT2D eigenvalue weighted by atomic mass is 10.1. The highest BCUT2D eigenvalue weighted by Gasteiger charge is 2.29. The van der Waals surface area contributed by atoms with Crippen LogP contribution in [0.15, 0.2) is 53.4 Å². The molecule has 1 fully saturated rings. The number of esters is 1. The largest absolute Gasteiger partial charge is 0.476 e. The second-order valence-electron chi connectivity index (χ2n) is 8.25. The molecule has 10 nitrogen and oxygen atoms in total. The van der Waals surface area contributed by atoms with Gasteiger partial charge in [-0.05, 0) is 43.3 Å². The third kappa shape index (κ3) is 7.47. The van der Waals surface area contributed by atoms with Crippen molar-refractivity contribution < 1.29 is 32.2 Å². The maximum Gasteiger partial charge on any atom is 0.311 e. The number of rotatable bonds is 10. The molecule has 1 N–H and O–H groups in total. The first-order chi connectivity index (χ1) is 18.7. The summed E-state index contributed by atoms with van der Waals surface area (Å²) in [5.41, 5.74) is 0.682. The molecule has 0 radical (unpaired) electrons. The minimum Gasteiger partial charge on any atom is -0.476 e. The van der Waals surface area contributed by atoms with Crippen LogP contribution in [0.25, 0.3) is 0 Å². The van der Waals surface area contributed by atoms with Crippen molar-refractivity contribution in [3.8, 4) is 5.75 Å². The normalized spacial score (nSPS) is 14.9. The van der Waals surface area contributed by atoms with E-state index in [1.165, 1.54) is 28.6 Å². The molecular formula is C25H25Cl2N3O7S2. The molecule has 14 heteroatoms. The summed E-state index contributed by atoms with van der Waals surface area (Å²) >= 11 is 13.2. The first-order valence-corrected chi connectivity index (χ1v) is 14.9. The molecule has 2 aromatic carbocycles. The number of halogens is 2. The maximum atomic E-state index is 13.4. The standard InChI is InChI=1S/C25H25Cl2N3O7S2/c1-2-36-21(31)15-20-23(27)38-25(28-20)29-24(32)22(37-18-7-5-17(26)6-8-18)16-3-9-19(10-4-16)39(33,34)30-11-13-35-14-12-30/h3-10,22H,2,11-15H2,1H3,(H,28,29,32). The molecule has 0 bridgehead atoms. The Balaban J connectivity index is 1.57. The van der Waals surface area contributed by atoms with Gasteiger partial charge in [0.2, 0.25) is 16.1 Å². The smallest absolute Gasteiger partial charge is 0.311 e. The quantitative estimate of drug-likeness (QED) is 0.335. The predicted molar refractivity (Wildman–Crippen MR) is 147 cm³/mol. The number of hydrogen-bond acceptors (Lipinski definition) is 9. The third-order valence-corrected chi connectivity index (χ3v) is 9.01. The number of carbonyl (C=O) groups is 2. The number of ether oxygens (including phenoxy) is 3. The molecule has 1 aliphatic heterocycles. The summed E-state index contributed by atoms with van der Waals surface area (Å²) in [6.07, 6.45) is -1.31. The summed E-state index contributed by atoms with van der Waals surface area (Å²) in [6, 6.07) is 12.4. The Kier molecular flexibility index (Phi) is 9.81. The van der Waals surface area contributed by atoms with Crippen molar-refractivity contribution in [1.82, 2.24) is 9.29 Å². The van der Waals surface area contributed by atoms with Crippen LogP contribution in [0.3, 0.4) is 0 Å². The highest BCUT2D eigenvalue weighted by atomic mass is 35.5. The maximum absolute atomic E-state index is 13.4. The van der Waals surface area contributed by atoms with E-state index in [4.69, 9.17) is 37.4 Å². The van der Waals surface area contributed by atoms with Crippen molar-refractivity contribution in [2.75, 3.05) is 38.2 Å². The zero-order chi connectivity index (χ0) is 28.0. The van der Waals surface area contributed by atoms with Crippen molar-refractivity contribution in [3.05, 3.63) is 69.1 Å². The Bertz CT molecular complexity index is 1410. The Morgan fingerprint density at radius 3 is 2.41 bits per heavy atom. The number of morpholine rings is 1. The molecule has 0 spiro atoms. The number of amides is 1. The van der Waals surface area contributed by atoms with Gasteiger partial charge in [0.05, 0.1) is 36.8 Å². The van der Waals surface area contributed by atoms with Crippen LogP contribution in [0.2, 0.25) is 9.36 Å². The van der Waals surface area contributed by atoms with Crippen LogP contribution >= 0.6 is 34.5 Å². The second-order valence-corrected chi connectivity index (χ2v) is 12.2. The van der Waals surface area contributed by atoms with Crippen LogP contribution in [0, 0.1) is 0 Å². The SMILES string of the molecule is CCOC(=O)Cc1nc(NC(=O)C(Oc2ccc(Cl)cc2)c2ccc(S(=O)(=O)N3CCOCC3)cc2)sc1Cl. The number of hydrogen-bond donors (Lipinski definition) is 1. The zero-order valence-electron chi connectivity index (χ0n) is 20.8. The van der Waals surface area contributed by atoms with E-state index in [0.717, 1.165) is 11.3 Å². The second kappa shape index (κ2) is 13.1. The Morgan fingerprint density at radius 2 is 1.77 bits per heavy atom. The molecule has 4 rings (SSSR count). The van der Waals surface area contributed by atoms with Crippen molar-refractivity contribution in [2.24, 2.45) is 0 Å². The van der Waals surface area contributed by atoms with Gasteiger partial charge >= 0.3 is 5.97 Å². The van der Waals surface area contributed by atoms with Crippen LogP contribution < -0.4 is 10.1 Å². The average molecular weight is 615 g/mol. The number of benzene rings is 2. The fourth-order valence-corrected chi connectivity index (χ4v) is 6.26. The van der Waals surface area contributed by atoms with Gasteiger partial charge in [-0.25, -0.2) is 13.4 Å². The van der Waals surface area contributed by atoms with Crippen LogP contribution in [0.5, 0.6) is 5.75 Å². The number of carbonyl (C=O) groups excluding carboxylic acids is 2. The summed E-state index contributed by atoms with van der Waals surface area (Å²) in [6.45, 7) is 3.11. The van der Waals surface area contributed by atoms with Gasteiger partial charge in [0.1, 0.15) is 10.1 Å². The summed E-state index contributed by atoms with van der Waals surface area (Å²) in [5.74, 6) is -0.704. The molecule has 1 aromatic heterocycles. The highest BCUT2D eigenvalue weighted by Crippen LogP contribution is 2.31. The minimum absolute atomic E-state index is 0.0918. The van der Waals surface area contributed by atoms with Crippen LogP contribution in [-0.2, 0) is 35.5 Å². The van der Waals surface area contributed by atoms with Gasteiger partial charge in [-0.2, -0.15) is 4.31 Å². The molecule has 2 heterocycles. The Hall–Kier alpha value is -2.74. The first kappa shape index (κ1) is 29.2. The number of nitrogens with zero attached hydrogens (tertiary/aromatic N) is 2. The van der Waals surface area contributed by atoms with Gasteiger partial charge in [0, 0.05) is 23.7 Å². The molecule has 1 aliphatic rings. The number of anilines is 1. The molecule has 39 heavy (non-hydrogen) atoms. The number of nitrogens with one attached hydrogen (secondary N) is 1. The van der Waals surface area contributed by atoms with Crippen molar-refractivity contribution in [2.45, 2.75) is 24.3 Å². The molecule has 1 saturated heterocycles. The van der Waals surface area contributed by atoms with Gasteiger partial charge < -0.3 is 14.2 Å². The molecular weight excluding hydrogens is 589 g/mol. The predicted octanol–water partition coefficient (Wildman–Crippen LogP) is 4.34. The summed E-state index contributed by atoms with van der Waals surface area (Å²) < 4.78 is 43.8. The van der Waals surface area contributed by atoms with E-state index in [0.29, 0.717) is 29.5 Å². The van der Waals surface area contributed by atoms with Crippen LogP contribution in [-0.4, -0.2) is 62.5 Å². The lowest BCUT2D eigenvalue weighted by Crippen LogP contribution is -2.40. The van der Waals surface area contributed by atoms with Crippen molar-refractivity contribution in [1.29, 1.82) is 0 Å². The molecule has 208 valence electrons. The van der Waals surface area contributed by atoms with Crippen molar-refractivity contribution in [3.63, 3.8) is 0 Å². The van der Waals surface area contributed by atoms with E-state index >= 15 is 0 Å². The fraction of sp³-hybridized carbons (Fsp3) is 0.320. The monoisotopic (exact) mass is 613 g/mol. The van der Waals surface area contributed by atoms with E-state index in [1.807, 2.05) is 0 Å². The fourth-order valence-electron chi connectivity index (χ4n) is 3.69. The lowest BCUT2D eigenvalue weighted by Gasteiger charge is -2.26. The van der Waals surface area contributed by atoms with E-state index in [1.54, 1.807) is 31.2 Å². The van der Waals surface area contributed by atoms with Crippen LogP contribution in [0.4, 0.5) is 5.13 Å². The summed E-state index contributed by atoms with van der Waals surface area (Å²) in [7, 11) is -3.72. The lowest BCUT2D eigenvalue weighted by molar-refractivity contribution is -0.142. The molecule has 1 amide bonds. The van der Waals surface area contributed by atoms with Crippen LogP contribution in [0.1, 0.15) is 24.3 Å². The number of sulfonamides is 1. The van der Waals surface area contributed by atoms with E-state index in [2.05, 4.69) is 10.3 Å². The minimum atomic E-state index is -3.72. The molecule has 1 atom stereocenters. The molecule has 0 saturated carbocycles. The van der Waals surface area contributed by atoms with Gasteiger partial charge in [-0.15, -0.1) is 0 Å². The Morgan fingerprint density at radius 1 is 1.10 bits per heavy atom. The van der Waals surface area contributed by atoms with Gasteiger partial charge in [-0.1, -0.05) is 46.7 Å². The first-order valence-electron chi connectivity index (χ1n) is 11.9. The third-order valence-electron chi connectivity index (χ3n) is 5.59. The van der Waals surface area contributed by atoms with E-state index in [-0.39, 0.29) is 46.2 Å². The zero-order valence-corrected chi connectivity index (χ0v) is 23.9. The number of aromatic nitrogens is 1. The number of thiazole rings is 1. The van der Waals surface area contributed by atoms with Gasteiger partial charge in [0.25, 0.3) is 5.91 Å². The Labute approximate surface area is 239 Å². The highest BCUT2D eigenvalue weighted by molar-refractivity contribution is 7.89. The average Bonchev–Trinajstić information content (AvgIpc) is 3.26. The van der Waals surface area contributed by atoms with E-state index in [9.17, 15) is 18.0 Å². The van der Waals surface area contributed by atoms with Crippen molar-refractivity contribution >= 4 is 61.6 Å². The topological polar surface area (TPSA) is 124 Å². The van der Waals surface area contributed by atoms with Gasteiger partial charge in [0.15, 0.2) is 5.13 Å². The summed E-state index contributed by atoms with van der Waals surface area (Å²) in [5, 5.41) is 3.34. The van der Waals surface area contributed by atoms with E-state index < -0.39 is 28.0 Å². The molecule has 1 unspecified atom stereocenters. The molecule has 3 aromatic rings. The van der Waals surface area contributed by atoms with Gasteiger partial charge in [-0.3, -0.25) is 14.9 Å². The summed E-state index contributed by atoms with van der Waals surface area (Å²) in [4.78, 5) is 29.6. The molecule has 0 aliphatic carbocycles.